The summed E-state index contributed by atoms with van der Waals surface area (Å²) in [5, 5.41) is 0. The fraction of sp³-hybridized carbons (Fsp3) is 0.625. The van der Waals surface area contributed by atoms with Crippen LogP contribution in [0, 0.1) is 11.8 Å². The average Bonchev–Trinajstić information content (AvgIpc) is 2.89. The van der Waals surface area contributed by atoms with Gasteiger partial charge in [-0.05, 0) is 53.6 Å². The number of benzene rings is 1. The summed E-state index contributed by atoms with van der Waals surface area (Å²) in [5.74, 6) is 3.02. The summed E-state index contributed by atoms with van der Waals surface area (Å²) >= 11 is 0. The Labute approximate surface area is 99.1 Å². The zero-order chi connectivity index (χ0) is 11.3. The van der Waals surface area contributed by atoms with Crippen LogP contribution in [0.25, 0.3) is 0 Å². The molecule has 2 aliphatic rings. The highest BCUT2D eigenvalue weighted by Gasteiger charge is 2.48. The van der Waals surface area contributed by atoms with Crippen LogP contribution in [-0.2, 0) is 5.41 Å². The van der Waals surface area contributed by atoms with Crippen molar-refractivity contribution in [2.24, 2.45) is 11.8 Å². The molecule has 2 fully saturated rings. The lowest BCUT2D eigenvalue weighted by Crippen LogP contribution is -2.11. The Balaban J connectivity index is 1.82. The van der Waals surface area contributed by atoms with E-state index in [0.29, 0.717) is 0 Å². The van der Waals surface area contributed by atoms with Gasteiger partial charge in [-0.25, -0.2) is 0 Å². The van der Waals surface area contributed by atoms with Gasteiger partial charge >= 0.3 is 0 Å². The van der Waals surface area contributed by atoms with E-state index in [4.69, 9.17) is 0 Å². The van der Waals surface area contributed by atoms with Crippen LogP contribution in [0.2, 0.25) is 0 Å². The molecule has 0 bridgehead atoms. The normalized spacial score (nSPS) is 32.6. The zero-order valence-electron chi connectivity index (χ0n) is 10.7. The summed E-state index contributed by atoms with van der Waals surface area (Å²) in [7, 11) is 0. The first-order valence-electron chi connectivity index (χ1n) is 6.66. The van der Waals surface area contributed by atoms with Crippen LogP contribution < -0.4 is 0 Å². The van der Waals surface area contributed by atoms with Gasteiger partial charge in [-0.1, -0.05) is 45.0 Å². The van der Waals surface area contributed by atoms with E-state index in [1.165, 1.54) is 24.8 Å². The van der Waals surface area contributed by atoms with Crippen molar-refractivity contribution in [2.45, 2.75) is 51.4 Å². The third kappa shape index (κ3) is 1.69. The molecule has 0 aliphatic heterocycles. The fourth-order valence-corrected chi connectivity index (χ4v) is 3.35. The van der Waals surface area contributed by atoms with Gasteiger partial charge in [0, 0.05) is 0 Å². The second-order valence-electron chi connectivity index (χ2n) is 6.72. The molecule has 0 N–H and O–H groups in total. The van der Waals surface area contributed by atoms with Crippen molar-refractivity contribution >= 4 is 0 Å². The lowest BCUT2D eigenvalue weighted by atomic mass is 9.85. The van der Waals surface area contributed by atoms with Crippen LogP contribution >= 0.6 is 0 Å². The fourth-order valence-electron chi connectivity index (χ4n) is 3.35. The van der Waals surface area contributed by atoms with Crippen molar-refractivity contribution in [1.29, 1.82) is 0 Å². The Morgan fingerprint density at radius 3 is 2.12 bits per heavy atom. The number of hydrogen-bond acceptors (Lipinski definition) is 0. The number of rotatable bonds is 1. The van der Waals surface area contributed by atoms with E-state index >= 15 is 0 Å². The summed E-state index contributed by atoms with van der Waals surface area (Å²) in [6, 6.07) is 9.44. The smallest absolute Gasteiger partial charge is 0.0131 e. The van der Waals surface area contributed by atoms with E-state index in [0.717, 1.165) is 17.8 Å². The molecule has 0 saturated heterocycles. The summed E-state index contributed by atoms with van der Waals surface area (Å²) in [4.78, 5) is 0. The minimum absolute atomic E-state index is 0.288. The van der Waals surface area contributed by atoms with Crippen molar-refractivity contribution in [1.82, 2.24) is 0 Å². The lowest BCUT2D eigenvalue weighted by molar-refractivity contribution is 0.587. The van der Waals surface area contributed by atoms with Crippen molar-refractivity contribution < 1.29 is 0 Å². The molecule has 16 heavy (non-hydrogen) atoms. The van der Waals surface area contributed by atoms with Gasteiger partial charge in [-0.15, -0.1) is 0 Å². The Morgan fingerprint density at radius 2 is 1.69 bits per heavy atom. The van der Waals surface area contributed by atoms with E-state index in [2.05, 4.69) is 45.0 Å². The van der Waals surface area contributed by atoms with Crippen LogP contribution in [0.15, 0.2) is 24.3 Å². The monoisotopic (exact) mass is 214 g/mol. The first-order valence-corrected chi connectivity index (χ1v) is 6.66. The molecule has 0 aromatic heterocycles. The number of hydrogen-bond donors (Lipinski definition) is 0. The Bertz CT molecular complexity index is 379. The zero-order valence-corrected chi connectivity index (χ0v) is 10.7. The third-order valence-electron chi connectivity index (χ3n) is 4.55. The van der Waals surface area contributed by atoms with E-state index in [1.54, 1.807) is 5.56 Å². The highest BCUT2D eigenvalue weighted by Crippen LogP contribution is 2.59. The van der Waals surface area contributed by atoms with Gasteiger partial charge in [0.15, 0.2) is 0 Å². The molecule has 1 aromatic rings. The molecular formula is C16H22. The minimum Gasteiger partial charge on any atom is -0.0585 e. The van der Waals surface area contributed by atoms with Crippen LogP contribution in [0.3, 0.4) is 0 Å². The SMILES string of the molecule is CC(C)(C)c1ccc(C2CCC3CC32)cc1. The molecule has 3 rings (SSSR count). The van der Waals surface area contributed by atoms with E-state index in [9.17, 15) is 0 Å². The molecule has 0 heterocycles. The van der Waals surface area contributed by atoms with Crippen LogP contribution in [-0.4, -0.2) is 0 Å². The lowest BCUT2D eigenvalue weighted by Gasteiger charge is -2.20. The Hall–Kier alpha value is -0.780. The summed E-state index contributed by atoms with van der Waals surface area (Å²) in [5.41, 5.74) is 3.34. The molecule has 1 aromatic carbocycles. The van der Waals surface area contributed by atoms with Gasteiger partial charge < -0.3 is 0 Å². The highest BCUT2D eigenvalue weighted by molar-refractivity contribution is 5.31. The standard InChI is InChI=1S/C16H22/c1-16(2,3)13-7-4-11(5-8-13)14-9-6-12-10-15(12)14/h4-5,7-8,12,14-15H,6,9-10H2,1-3H3. The molecule has 0 spiro atoms. The van der Waals surface area contributed by atoms with Crippen molar-refractivity contribution in [3.05, 3.63) is 35.4 Å². The first-order chi connectivity index (χ1) is 7.55. The molecule has 0 nitrogen and oxygen atoms in total. The van der Waals surface area contributed by atoms with Gasteiger partial charge in [0.25, 0.3) is 0 Å². The van der Waals surface area contributed by atoms with Gasteiger partial charge in [0.05, 0.1) is 0 Å². The molecular weight excluding hydrogens is 192 g/mol. The second kappa shape index (κ2) is 3.35. The van der Waals surface area contributed by atoms with E-state index in [-0.39, 0.29) is 5.41 Å². The summed E-state index contributed by atoms with van der Waals surface area (Å²) < 4.78 is 0. The van der Waals surface area contributed by atoms with E-state index in [1.807, 2.05) is 0 Å². The topological polar surface area (TPSA) is 0 Å². The second-order valence-corrected chi connectivity index (χ2v) is 6.72. The van der Waals surface area contributed by atoms with E-state index < -0.39 is 0 Å². The maximum Gasteiger partial charge on any atom is -0.0131 e. The van der Waals surface area contributed by atoms with Gasteiger partial charge in [-0.2, -0.15) is 0 Å². The average molecular weight is 214 g/mol. The quantitative estimate of drug-likeness (QED) is 0.646. The van der Waals surface area contributed by atoms with Crippen LogP contribution in [0.1, 0.15) is 57.1 Å². The van der Waals surface area contributed by atoms with Crippen molar-refractivity contribution in [3.63, 3.8) is 0 Å². The predicted molar refractivity (Wildman–Crippen MR) is 68.7 cm³/mol. The summed E-state index contributed by atoms with van der Waals surface area (Å²) in [6.07, 6.45) is 4.42. The molecule has 3 atom stereocenters. The van der Waals surface area contributed by atoms with Crippen molar-refractivity contribution in [3.8, 4) is 0 Å². The number of fused-ring (bicyclic) bond motifs is 1. The minimum atomic E-state index is 0.288. The Kier molecular flexibility index (Phi) is 2.18. The highest BCUT2D eigenvalue weighted by atomic mass is 14.5. The molecule has 0 radical (unpaired) electrons. The molecule has 0 amide bonds. The van der Waals surface area contributed by atoms with Crippen molar-refractivity contribution in [2.75, 3.05) is 0 Å². The molecule has 2 aliphatic carbocycles. The largest absolute Gasteiger partial charge is 0.0585 e. The summed E-state index contributed by atoms with van der Waals surface area (Å²) in [6.45, 7) is 6.86. The predicted octanol–water partition coefficient (Wildman–Crippen LogP) is 4.50. The van der Waals surface area contributed by atoms with Gasteiger partial charge in [0.2, 0.25) is 0 Å². The maximum absolute atomic E-state index is 2.38. The van der Waals surface area contributed by atoms with Gasteiger partial charge in [0.1, 0.15) is 0 Å². The molecule has 2 saturated carbocycles. The molecule has 86 valence electrons. The maximum atomic E-state index is 2.38. The third-order valence-corrected chi connectivity index (χ3v) is 4.55. The van der Waals surface area contributed by atoms with Crippen LogP contribution in [0.5, 0.6) is 0 Å². The Morgan fingerprint density at radius 1 is 1.00 bits per heavy atom. The first kappa shape index (κ1) is 10.4. The van der Waals surface area contributed by atoms with Gasteiger partial charge in [-0.3, -0.25) is 0 Å². The molecule has 3 unspecified atom stereocenters. The molecule has 0 heteroatoms. The van der Waals surface area contributed by atoms with Crippen LogP contribution in [0.4, 0.5) is 0 Å².